The van der Waals surface area contributed by atoms with E-state index in [4.69, 9.17) is 0 Å². The number of carbonyl (C=O) groups excluding carboxylic acids is 2. The van der Waals surface area contributed by atoms with Gasteiger partial charge in [0, 0.05) is 31.4 Å². The summed E-state index contributed by atoms with van der Waals surface area (Å²) in [6.45, 7) is -0.258. The van der Waals surface area contributed by atoms with Gasteiger partial charge in [0.2, 0.25) is 0 Å². The van der Waals surface area contributed by atoms with Crippen LogP contribution in [-0.2, 0) is 6.42 Å². The van der Waals surface area contributed by atoms with Crippen molar-refractivity contribution in [2.45, 2.75) is 24.9 Å². The Morgan fingerprint density at radius 2 is 1.95 bits per heavy atom. The van der Waals surface area contributed by atoms with Gasteiger partial charge >= 0.3 is 0 Å². The van der Waals surface area contributed by atoms with Gasteiger partial charge in [0.05, 0.1) is 30.6 Å². The standard InChI is InChI=1S/C28H27FN6O3/c1-34-24(9-11-31-34)19-10-12-35-25(16-30-26(35)15-19)28(38)33-23-14-20(7-8-22(23)29)27(37)32-21(17-36)13-18-5-3-2-4-6-18/h2-8,10-12,14-16,21,24,36H,9,13,17H2,1H3,(H,32,37)(H,33,38)/t21-,24?/m0/s1. The van der Waals surface area contributed by atoms with Gasteiger partial charge in [0.1, 0.15) is 17.2 Å². The second kappa shape index (κ2) is 10.8. The number of aromatic nitrogens is 2. The molecule has 0 spiro atoms. The summed E-state index contributed by atoms with van der Waals surface area (Å²) in [5.41, 5.74) is 2.80. The molecule has 0 saturated heterocycles. The van der Waals surface area contributed by atoms with E-state index in [1.807, 2.05) is 60.7 Å². The van der Waals surface area contributed by atoms with Crippen molar-refractivity contribution >= 4 is 29.4 Å². The molecule has 0 saturated carbocycles. The van der Waals surface area contributed by atoms with Crippen molar-refractivity contribution in [3.05, 3.63) is 101 Å². The van der Waals surface area contributed by atoms with Crippen LogP contribution in [0.1, 0.15) is 44.4 Å². The minimum Gasteiger partial charge on any atom is -0.394 e. The van der Waals surface area contributed by atoms with Gasteiger partial charge in [0.15, 0.2) is 0 Å². The highest BCUT2D eigenvalue weighted by Crippen LogP contribution is 2.27. The fourth-order valence-corrected chi connectivity index (χ4v) is 4.51. The van der Waals surface area contributed by atoms with Crippen LogP contribution in [0.5, 0.6) is 0 Å². The Morgan fingerprint density at radius 3 is 2.68 bits per heavy atom. The average Bonchev–Trinajstić information content (AvgIpc) is 3.55. The number of aliphatic hydroxyl groups excluding tert-OH is 1. The number of hydrogen-bond donors (Lipinski definition) is 3. The molecule has 2 atom stereocenters. The van der Waals surface area contributed by atoms with Crippen LogP contribution in [0.4, 0.5) is 10.1 Å². The maximum atomic E-state index is 14.6. The number of amides is 2. The summed E-state index contributed by atoms with van der Waals surface area (Å²) in [5, 5.41) is 21.2. The third kappa shape index (κ3) is 5.25. The Kier molecular flexibility index (Phi) is 7.14. The first-order chi connectivity index (χ1) is 18.4. The van der Waals surface area contributed by atoms with Crippen LogP contribution in [0.2, 0.25) is 0 Å². The predicted molar refractivity (Wildman–Crippen MR) is 142 cm³/mol. The molecule has 4 aromatic rings. The van der Waals surface area contributed by atoms with Gasteiger partial charge in [0.25, 0.3) is 11.8 Å². The van der Waals surface area contributed by atoms with Crippen molar-refractivity contribution in [2.75, 3.05) is 19.0 Å². The number of halogens is 1. The fourth-order valence-electron chi connectivity index (χ4n) is 4.51. The smallest absolute Gasteiger partial charge is 0.274 e. The highest BCUT2D eigenvalue weighted by molar-refractivity contribution is 6.04. The Morgan fingerprint density at radius 1 is 1.13 bits per heavy atom. The number of carbonyl (C=O) groups is 2. The summed E-state index contributed by atoms with van der Waals surface area (Å²) in [4.78, 5) is 30.2. The van der Waals surface area contributed by atoms with E-state index in [0.29, 0.717) is 12.1 Å². The van der Waals surface area contributed by atoms with E-state index in [9.17, 15) is 19.1 Å². The Labute approximate surface area is 218 Å². The minimum atomic E-state index is -0.682. The minimum absolute atomic E-state index is 0.107. The number of hydrazone groups is 1. The molecule has 10 heteroatoms. The number of nitrogens with one attached hydrogen (secondary N) is 2. The molecule has 0 aliphatic carbocycles. The highest BCUT2D eigenvalue weighted by atomic mass is 19.1. The molecule has 3 N–H and O–H groups in total. The quantitative estimate of drug-likeness (QED) is 0.334. The van der Waals surface area contributed by atoms with Crippen LogP contribution in [-0.4, -0.2) is 57.2 Å². The zero-order valence-corrected chi connectivity index (χ0v) is 20.7. The van der Waals surface area contributed by atoms with Crippen molar-refractivity contribution in [1.29, 1.82) is 0 Å². The third-order valence-corrected chi connectivity index (χ3v) is 6.56. The SMILES string of the molecule is CN1N=CCC1c1ccn2c(C(=O)Nc3cc(C(=O)N[C@H](CO)Cc4ccccc4)ccc3F)cnc2c1. The van der Waals surface area contributed by atoms with Crippen LogP contribution in [0, 0.1) is 5.82 Å². The first-order valence-corrected chi connectivity index (χ1v) is 12.2. The summed E-state index contributed by atoms with van der Waals surface area (Å²) in [6, 6.07) is 16.6. The van der Waals surface area contributed by atoms with Crippen LogP contribution in [0.25, 0.3) is 5.65 Å². The van der Waals surface area contributed by atoms with E-state index in [-0.39, 0.29) is 29.6 Å². The van der Waals surface area contributed by atoms with Gasteiger partial charge in [-0.05, 0) is 47.9 Å². The number of imidazole rings is 1. The summed E-state index contributed by atoms with van der Waals surface area (Å²) >= 11 is 0. The van der Waals surface area contributed by atoms with Gasteiger partial charge < -0.3 is 15.7 Å². The molecular formula is C28H27FN6O3. The second-order valence-corrected chi connectivity index (χ2v) is 9.15. The monoisotopic (exact) mass is 514 g/mol. The molecule has 194 valence electrons. The molecule has 3 heterocycles. The van der Waals surface area contributed by atoms with E-state index in [2.05, 4.69) is 20.7 Å². The molecule has 0 bridgehead atoms. The zero-order chi connectivity index (χ0) is 26.6. The van der Waals surface area contributed by atoms with Gasteiger partial charge in [-0.2, -0.15) is 5.10 Å². The van der Waals surface area contributed by atoms with Crippen LogP contribution < -0.4 is 10.6 Å². The summed E-state index contributed by atoms with van der Waals surface area (Å²) in [6.07, 6.45) is 6.26. The molecule has 0 fully saturated rings. The summed E-state index contributed by atoms with van der Waals surface area (Å²) < 4.78 is 16.2. The normalized spacial score (nSPS) is 15.6. The van der Waals surface area contributed by atoms with E-state index < -0.39 is 23.7 Å². The highest BCUT2D eigenvalue weighted by Gasteiger charge is 2.22. The first kappa shape index (κ1) is 25.1. The van der Waals surface area contributed by atoms with Crippen molar-refractivity contribution in [1.82, 2.24) is 19.7 Å². The van der Waals surface area contributed by atoms with Crippen molar-refractivity contribution in [3.8, 4) is 0 Å². The fraction of sp³-hybridized carbons (Fsp3) is 0.214. The molecule has 38 heavy (non-hydrogen) atoms. The van der Waals surface area contributed by atoms with E-state index in [1.165, 1.54) is 18.3 Å². The Bertz CT molecular complexity index is 1500. The lowest BCUT2D eigenvalue weighted by Gasteiger charge is -2.19. The molecule has 2 amide bonds. The first-order valence-electron chi connectivity index (χ1n) is 12.2. The van der Waals surface area contributed by atoms with E-state index in [0.717, 1.165) is 23.6 Å². The molecule has 2 aromatic heterocycles. The lowest BCUT2D eigenvalue weighted by molar-refractivity contribution is 0.0915. The van der Waals surface area contributed by atoms with Gasteiger partial charge in [-0.25, -0.2) is 9.37 Å². The van der Waals surface area contributed by atoms with Crippen LogP contribution in [0.3, 0.4) is 0 Å². The molecule has 2 aromatic carbocycles. The zero-order valence-electron chi connectivity index (χ0n) is 20.7. The number of fused-ring (bicyclic) bond motifs is 1. The van der Waals surface area contributed by atoms with Gasteiger partial charge in [-0.3, -0.25) is 19.0 Å². The number of aliphatic hydroxyl groups is 1. The number of hydrogen-bond acceptors (Lipinski definition) is 6. The topological polar surface area (TPSA) is 111 Å². The Balaban J connectivity index is 1.30. The van der Waals surface area contributed by atoms with E-state index in [1.54, 1.807) is 10.6 Å². The molecule has 1 aliphatic rings. The molecular weight excluding hydrogens is 487 g/mol. The van der Waals surface area contributed by atoms with Crippen molar-refractivity contribution < 1.29 is 19.1 Å². The summed E-state index contributed by atoms with van der Waals surface area (Å²) in [7, 11) is 1.90. The van der Waals surface area contributed by atoms with Crippen molar-refractivity contribution in [3.63, 3.8) is 0 Å². The number of pyridine rings is 1. The summed E-state index contributed by atoms with van der Waals surface area (Å²) in [5.74, 6) is -1.74. The molecule has 9 nitrogen and oxygen atoms in total. The van der Waals surface area contributed by atoms with E-state index >= 15 is 0 Å². The third-order valence-electron chi connectivity index (χ3n) is 6.56. The molecule has 1 aliphatic heterocycles. The van der Waals surface area contributed by atoms with Crippen LogP contribution in [0.15, 0.2) is 78.2 Å². The second-order valence-electron chi connectivity index (χ2n) is 9.15. The van der Waals surface area contributed by atoms with Gasteiger partial charge in [-0.1, -0.05) is 30.3 Å². The molecule has 5 rings (SSSR count). The van der Waals surface area contributed by atoms with Crippen LogP contribution >= 0.6 is 0 Å². The number of benzene rings is 2. The lowest BCUT2D eigenvalue weighted by atomic mass is 10.1. The maximum Gasteiger partial charge on any atom is 0.274 e. The van der Waals surface area contributed by atoms with Gasteiger partial charge in [-0.15, -0.1) is 0 Å². The largest absolute Gasteiger partial charge is 0.394 e. The Hall–Kier alpha value is -4.57. The number of anilines is 1. The maximum absolute atomic E-state index is 14.6. The molecule has 1 unspecified atom stereocenters. The number of nitrogens with zero attached hydrogens (tertiary/aromatic N) is 4. The van der Waals surface area contributed by atoms with Crippen molar-refractivity contribution in [2.24, 2.45) is 5.10 Å². The molecule has 0 radical (unpaired) electrons. The lowest BCUT2D eigenvalue weighted by Crippen LogP contribution is -2.39. The average molecular weight is 515 g/mol. The number of rotatable bonds is 8. The predicted octanol–water partition coefficient (Wildman–Crippen LogP) is 3.42.